The number of amides is 1. The van der Waals surface area contributed by atoms with Gasteiger partial charge < -0.3 is 9.64 Å². The van der Waals surface area contributed by atoms with Gasteiger partial charge >= 0.3 is 0 Å². The second kappa shape index (κ2) is 10.2. The molecule has 1 heterocycles. The van der Waals surface area contributed by atoms with Crippen molar-refractivity contribution < 1.29 is 9.53 Å². The number of ether oxygens (including phenoxy) is 1. The van der Waals surface area contributed by atoms with E-state index in [1.165, 1.54) is 11.3 Å². The van der Waals surface area contributed by atoms with E-state index < -0.39 is 0 Å². The molecule has 5 nitrogen and oxygen atoms in total. The molecule has 2 aromatic carbocycles. The van der Waals surface area contributed by atoms with Gasteiger partial charge in [0, 0.05) is 13.1 Å². The van der Waals surface area contributed by atoms with E-state index in [0.717, 1.165) is 46.7 Å². The maximum Gasteiger partial charge on any atom is 0.266 e. The summed E-state index contributed by atoms with van der Waals surface area (Å²) >= 11 is 7.85. The van der Waals surface area contributed by atoms with Crippen LogP contribution in [0.5, 0.6) is 5.75 Å². The number of rotatable bonds is 9. The van der Waals surface area contributed by atoms with Gasteiger partial charge in [-0.25, -0.2) is 4.98 Å². The van der Waals surface area contributed by atoms with Crippen molar-refractivity contribution in [3.05, 3.63) is 52.5 Å². The van der Waals surface area contributed by atoms with E-state index in [1.54, 1.807) is 4.90 Å². The molecule has 0 fully saturated rings. The fourth-order valence-electron chi connectivity index (χ4n) is 3.25. The molecule has 0 atom stereocenters. The molecule has 7 heteroatoms. The topological polar surface area (TPSA) is 45.7 Å². The molecule has 0 saturated heterocycles. The van der Waals surface area contributed by atoms with Crippen LogP contribution in [-0.2, 0) is 4.79 Å². The molecule has 0 N–H and O–H groups in total. The normalized spacial score (nSPS) is 11.3. The van der Waals surface area contributed by atoms with Gasteiger partial charge in [0.05, 0.1) is 15.2 Å². The number of hydrogen-bond acceptors (Lipinski definition) is 5. The number of likely N-dealkylation sites (N-methyl/N-ethyl adjacent to an activating group) is 1. The van der Waals surface area contributed by atoms with Crippen LogP contribution >= 0.6 is 22.9 Å². The summed E-state index contributed by atoms with van der Waals surface area (Å²) in [6, 6.07) is 11.5. The maximum absolute atomic E-state index is 13.2. The molecule has 0 aliphatic carbocycles. The Bertz CT molecular complexity index is 978. The van der Waals surface area contributed by atoms with Gasteiger partial charge in [-0.3, -0.25) is 9.69 Å². The molecule has 0 radical (unpaired) electrons. The van der Waals surface area contributed by atoms with Crippen LogP contribution in [0.4, 0.5) is 5.13 Å². The summed E-state index contributed by atoms with van der Waals surface area (Å²) in [5.41, 5.74) is 2.90. The molecule has 0 unspecified atom stereocenters. The van der Waals surface area contributed by atoms with Gasteiger partial charge in [-0.1, -0.05) is 61.1 Å². The Hall–Kier alpha value is -2.15. The van der Waals surface area contributed by atoms with Crippen molar-refractivity contribution in [3.8, 4) is 5.75 Å². The highest BCUT2D eigenvalue weighted by molar-refractivity contribution is 7.23. The van der Waals surface area contributed by atoms with E-state index in [-0.39, 0.29) is 12.5 Å². The molecular formula is C23H28ClN3O2S. The van der Waals surface area contributed by atoms with Crippen molar-refractivity contribution in [1.29, 1.82) is 0 Å². The van der Waals surface area contributed by atoms with Gasteiger partial charge in [0.25, 0.3) is 5.91 Å². The summed E-state index contributed by atoms with van der Waals surface area (Å²) in [6.45, 7) is 11.4. The molecular weight excluding hydrogens is 418 g/mol. The second-order valence-corrected chi connectivity index (χ2v) is 8.55. The van der Waals surface area contributed by atoms with Crippen LogP contribution in [0.15, 0.2) is 36.4 Å². The van der Waals surface area contributed by atoms with Crippen LogP contribution < -0.4 is 9.64 Å². The summed E-state index contributed by atoms with van der Waals surface area (Å²) in [7, 11) is 0. The Kier molecular flexibility index (Phi) is 7.69. The molecule has 0 aliphatic rings. The van der Waals surface area contributed by atoms with Crippen LogP contribution in [0, 0.1) is 13.8 Å². The zero-order chi connectivity index (χ0) is 21.7. The largest absolute Gasteiger partial charge is 0.483 e. The molecule has 0 bridgehead atoms. The predicted molar refractivity (Wildman–Crippen MR) is 126 cm³/mol. The molecule has 0 saturated carbocycles. The highest BCUT2D eigenvalue weighted by atomic mass is 35.5. The lowest BCUT2D eigenvalue weighted by Crippen LogP contribution is -2.41. The molecule has 3 rings (SSSR count). The predicted octanol–water partition coefficient (Wildman–Crippen LogP) is 5.32. The summed E-state index contributed by atoms with van der Waals surface area (Å²) in [5, 5.41) is 1.32. The van der Waals surface area contributed by atoms with Gasteiger partial charge in [0.15, 0.2) is 11.7 Å². The number of hydrogen-bond donors (Lipinski definition) is 0. The third-order valence-electron chi connectivity index (χ3n) is 5.20. The van der Waals surface area contributed by atoms with Gasteiger partial charge in [0.2, 0.25) is 0 Å². The van der Waals surface area contributed by atoms with Crippen molar-refractivity contribution in [1.82, 2.24) is 9.88 Å². The first kappa shape index (κ1) is 22.5. The average molecular weight is 446 g/mol. The van der Waals surface area contributed by atoms with E-state index in [4.69, 9.17) is 21.3 Å². The Morgan fingerprint density at radius 1 is 1.07 bits per heavy atom. The van der Waals surface area contributed by atoms with Crippen molar-refractivity contribution in [3.63, 3.8) is 0 Å². The molecule has 0 spiro atoms. The molecule has 160 valence electrons. The number of aromatic nitrogens is 1. The van der Waals surface area contributed by atoms with Crippen LogP contribution in [0.2, 0.25) is 5.02 Å². The first-order valence-electron chi connectivity index (χ1n) is 10.2. The standard InChI is InChI=1S/C23H28ClN3O2S/c1-5-26(6-2)13-14-27(20(28)15-29-19-10-8-7-9-16(19)3)23-25-21-17(4)11-12-18(24)22(21)30-23/h7-12H,5-6,13-15H2,1-4H3. The van der Waals surface area contributed by atoms with E-state index in [9.17, 15) is 4.79 Å². The zero-order valence-corrected chi connectivity index (χ0v) is 19.5. The van der Waals surface area contributed by atoms with Gasteiger partial charge in [-0.15, -0.1) is 0 Å². The van der Waals surface area contributed by atoms with Crippen molar-refractivity contribution in [2.24, 2.45) is 0 Å². The highest BCUT2D eigenvalue weighted by Gasteiger charge is 2.22. The summed E-state index contributed by atoms with van der Waals surface area (Å²) < 4.78 is 6.74. The SMILES string of the molecule is CCN(CC)CCN(C(=O)COc1ccccc1C)c1nc2c(C)ccc(Cl)c2s1. The lowest BCUT2D eigenvalue weighted by molar-refractivity contribution is -0.120. The third kappa shape index (κ3) is 5.12. The number of nitrogens with zero attached hydrogens (tertiary/aromatic N) is 3. The minimum absolute atomic E-state index is 0.0360. The first-order valence-corrected chi connectivity index (χ1v) is 11.4. The molecule has 0 aliphatic heterocycles. The van der Waals surface area contributed by atoms with E-state index in [2.05, 4.69) is 18.7 Å². The number of halogens is 1. The summed E-state index contributed by atoms with van der Waals surface area (Å²) in [4.78, 5) is 22.0. The Morgan fingerprint density at radius 2 is 1.80 bits per heavy atom. The molecule has 30 heavy (non-hydrogen) atoms. The Balaban J connectivity index is 1.86. The lowest BCUT2D eigenvalue weighted by atomic mass is 10.2. The molecule has 1 aromatic heterocycles. The summed E-state index contributed by atoms with van der Waals surface area (Å²) in [6.07, 6.45) is 0. The lowest BCUT2D eigenvalue weighted by Gasteiger charge is -2.24. The molecule has 3 aromatic rings. The number of para-hydroxylation sites is 1. The van der Waals surface area contributed by atoms with Crippen molar-refractivity contribution >= 4 is 44.2 Å². The van der Waals surface area contributed by atoms with Crippen molar-refractivity contribution in [2.75, 3.05) is 37.7 Å². The number of anilines is 1. The highest BCUT2D eigenvalue weighted by Crippen LogP contribution is 2.35. The van der Waals surface area contributed by atoms with E-state index in [0.29, 0.717) is 16.7 Å². The van der Waals surface area contributed by atoms with Crippen LogP contribution in [0.1, 0.15) is 25.0 Å². The quantitative estimate of drug-likeness (QED) is 0.447. The number of aryl methyl sites for hydroxylation is 2. The zero-order valence-electron chi connectivity index (χ0n) is 17.9. The van der Waals surface area contributed by atoms with Crippen LogP contribution in [0.25, 0.3) is 10.2 Å². The van der Waals surface area contributed by atoms with E-state index >= 15 is 0 Å². The van der Waals surface area contributed by atoms with E-state index in [1.807, 2.05) is 50.2 Å². The van der Waals surface area contributed by atoms with Gasteiger partial charge in [0.1, 0.15) is 5.75 Å². The number of carbonyl (C=O) groups excluding carboxylic acids is 1. The smallest absolute Gasteiger partial charge is 0.266 e. The minimum atomic E-state index is -0.113. The Morgan fingerprint density at radius 3 is 2.47 bits per heavy atom. The second-order valence-electron chi connectivity index (χ2n) is 7.16. The van der Waals surface area contributed by atoms with Gasteiger partial charge in [-0.2, -0.15) is 0 Å². The fourth-order valence-corrected chi connectivity index (χ4v) is 4.61. The Labute approximate surface area is 187 Å². The minimum Gasteiger partial charge on any atom is -0.483 e. The number of benzene rings is 2. The first-order chi connectivity index (χ1) is 14.4. The third-order valence-corrected chi connectivity index (χ3v) is 6.74. The number of carbonyl (C=O) groups is 1. The number of fused-ring (bicyclic) bond motifs is 1. The fraction of sp³-hybridized carbons (Fsp3) is 0.391. The van der Waals surface area contributed by atoms with Crippen molar-refractivity contribution in [2.45, 2.75) is 27.7 Å². The number of thiazole rings is 1. The van der Waals surface area contributed by atoms with Gasteiger partial charge in [-0.05, 0) is 50.2 Å². The molecule has 1 amide bonds. The average Bonchev–Trinajstić information content (AvgIpc) is 3.20. The monoisotopic (exact) mass is 445 g/mol. The maximum atomic E-state index is 13.2. The van der Waals surface area contributed by atoms with Crippen LogP contribution in [0.3, 0.4) is 0 Å². The van der Waals surface area contributed by atoms with Crippen LogP contribution in [-0.4, -0.2) is 48.6 Å². The summed E-state index contributed by atoms with van der Waals surface area (Å²) in [5.74, 6) is 0.607.